The van der Waals surface area contributed by atoms with Crippen LogP contribution in [0.3, 0.4) is 0 Å². The first-order chi connectivity index (χ1) is 9.90. The number of benzene rings is 1. The summed E-state index contributed by atoms with van der Waals surface area (Å²) in [6, 6.07) is 5.09. The SMILES string of the molecule is CC(C)CCCC(C)n1c(C(C)Cl)nc2cc(F)ccc21. The summed E-state index contributed by atoms with van der Waals surface area (Å²) in [7, 11) is 0. The van der Waals surface area contributed by atoms with E-state index in [0.717, 1.165) is 23.7 Å². The number of rotatable bonds is 6. The van der Waals surface area contributed by atoms with Crippen molar-refractivity contribution in [3.05, 3.63) is 29.8 Å². The number of hydrogen-bond donors (Lipinski definition) is 0. The summed E-state index contributed by atoms with van der Waals surface area (Å²) in [6.07, 6.45) is 3.48. The molecule has 1 aromatic heterocycles. The van der Waals surface area contributed by atoms with Crippen molar-refractivity contribution in [3.8, 4) is 0 Å². The molecule has 2 aromatic rings. The lowest BCUT2D eigenvalue weighted by Crippen LogP contribution is -2.10. The van der Waals surface area contributed by atoms with Crippen LogP contribution in [0, 0.1) is 11.7 Å². The third-order valence-electron chi connectivity index (χ3n) is 3.88. The number of imidazole rings is 1. The number of alkyl halides is 1. The van der Waals surface area contributed by atoms with Gasteiger partial charge in [0.05, 0.1) is 16.4 Å². The molecule has 0 fully saturated rings. The van der Waals surface area contributed by atoms with Gasteiger partial charge in [0.2, 0.25) is 0 Å². The highest BCUT2D eigenvalue weighted by atomic mass is 35.5. The van der Waals surface area contributed by atoms with Crippen LogP contribution in [0.25, 0.3) is 11.0 Å². The third-order valence-corrected chi connectivity index (χ3v) is 4.07. The van der Waals surface area contributed by atoms with Gasteiger partial charge >= 0.3 is 0 Å². The van der Waals surface area contributed by atoms with Crippen molar-refractivity contribution in [2.75, 3.05) is 0 Å². The van der Waals surface area contributed by atoms with Crippen LogP contribution in [0.4, 0.5) is 4.39 Å². The van der Waals surface area contributed by atoms with Crippen molar-refractivity contribution in [1.29, 1.82) is 0 Å². The van der Waals surface area contributed by atoms with E-state index in [1.807, 2.05) is 6.92 Å². The zero-order valence-corrected chi connectivity index (χ0v) is 14.0. The quantitative estimate of drug-likeness (QED) is 0.611. The molecule has 116 valence electrons. The molecule has 0 spiro atoms. The van der Waals surface area contributed by atoms with Crippen molar-refractivity contribution in [2.45, 2.75) is 58.4 Å². The highest BCUT2D eigenvalue weighted by Gasteiger charge is 2.19. The van der Waals surface area contributed by atoms with Crippen LogP contribution >= 0.6 is 11.6 Å². The largest absolute Gasteiger partial charge is 0.324 e. The van der Waals surface area contributed by atoms with E-state index in [1.54, 1.807) is 6.07 Å². The Morgan fingerprint density at radius 2 is 1.90 bits per heavy atom. The topological polar surface area (TPSA) is 17.8 Å². The second kappa shape index (κ2) is 6.78. The molecule has 4 heteroatoms. The number of halogens is 2. The molecule has 2 atom stereocenters. The number of hydrogen-bond acceptors (Lipinski definition) is 1. The summed E-state index contributed by atoms with van der Waals surface area (Å²) in [5, 5.41) is -0.187. The minimum atomic E-state index is -0.256. The lowest BCUT2D eigenvalue weighted by Gasteiger charge is -2.19. The molecule has 0 bridgehead atoms. The molecule has 0 radical (unpaired) electrons. The molecule has 21 heavy (non-hydrogen) atoms. The Bertz CT molecular complexity index is 604. The second-order valence-corrected chi connectivity index (χ2v) is 6.92. The van der Waals surface area contributed by atoms with E-state index < -0.39 is 0 Å². The minimum Gasteiger partial charge on any atom is -0.324 e. The fourth-order valence-corrected chi connectivity index (χ4v) is 2.94. The van der Waals surface area contributed by atoms with E-state index in [-0.39, 0.29) is 11.2 Å². The average Bonchev–Trinajstić information content (AvgIpc) is 2.76. The number of aromatic nitrogens is 2. The van der Waals surface area contributed by atoms with E-state index in [2.05, 4.69) is 30.3 Å². The van der Waals surface area contributed by atoms with Crippen LogP contribution in [0.15, 0.2) is 18.2 Å². The van der Waals surface area contributed by atoms with Crippen LogP contribution < -0.4 is 0 Å². The van der Waals surface area contributed by atoms with Gasteiger partial charge in [-0.2, -0.15) is 0 Å². The van der Waals surface area contributed by atoms with Gasteiger partial charge in [0.1, 0.15) is 11.6 Å². The monoisotopic (exact) mass is 310 g/mol. The Hall–Kier alpha value is -1.09. The number of fused-ring (bicyclic) bond motifs is 1. The third kappa shape index (κ3) is 3.76. The van der Waals surface area contributed by atoms with Gasteiger partial charge in [-0.1, -0.05) is 26.7 Å². The molecule has 1 heterocycles. The van der Waals surface area contributed by atoms with Crippen molar-refractivity contribution in [3.63, 3.8) is 0 Å². The molecular formula is C17H24ClFN2. The molecule has 0 aliphatic carbocycles. The minimum absolute atomic E-state index is 0.187. The molecule has 0 saturated heterocycles. The first-order valence-electron chi connectivity index (χ1n) is 7.71. The normalized spacial score (nSPS) is 14.8. The van der Waals surface area contributed by atoms with Crippen molar-refractivity contribution in [1.82, 2.24) is 9.55 Å². The number of nitrogens with zero attached hydrogens (tertiary/aromatic N) is 2. The average molecular weight is 311 g/mol. The molecule has 0 aliphatic heterocycles. The summed E-state index contributed by atoms with van der Waals surface area (Å²) in [6.45, 7) is 8.59. The Labute approximate surface area is 131 Å². The summed E-state index contributed by atoms with van der Waals surface area (Å²) in [4.78, 5) is 4.53. The Morgan fingerprint density at radius 1 is 1.19 bits per heavy atom. The summed E-state index contributed by atoms with van der Waals surface area (Å²) in [5.41, 5.74) is 1.66. The molecule has 0 saturated carbocycles. The van der Waals surface area contributed by atoms with E-state index >= 15 is 0 Å². The second-order valence-electron chi connectivity index (χ2n) is 6.26. The summed E-state index contributed by atoms with van der Waals surface area (Å²) >= 11 is 6.27. The molecular weight excluding hydrogens is 287 g/mol. The fourth-order valence-electron chi connectivity index (χ4n) is 2.78. The molecule has 2 unspecified atom stereocenters. The zero-order valence-electron chi connectivity index (χ0n) is 13.2. The highest BCUT2D eigenvalue weighted by Crippen LogP contribution is 2.30. The zero-order chi connectivity index (χ0) is 15.6. The van der Waals surface area contributed by atoms with Crippen LogP contribution in [-0.4, -0.2) is 9.55 Å². The molecule has 0 aliphatic rings. The van der Waals surface area contributed by atoms with Crippen LogP contribution in [-0.2, 0) is 0 Å². The van der Waals surface area contributed by atoms with Gasteiger partial charge in [-0.05, 0) is 38.3 Å². The molecule has 0 N–H and O–H groups in total. The van der Waals surface area contributed by atoms with Gasteiger partial charge in [-0.3, -0.25) is 0 Å². The Morgan fingerprint density at radius 3 is 2.52 bits per heavy atom. The van der Waals surface area contributed by atoms with E-state index in [0.29, 0.717) is 11.6 Å². The molecule has 2 nitrogen and oxygen atoms in total. The maximum atomic E-state index is 13.4. The molecule has 2 rings (SSSR count). The smallest absolute Gasteiger partial charge is 0.127 e. The summed E-state index contributed by atoms with van der Waals surface area (Å²) < 4.78 is 15.6. The van der Waals surface area contributed by atoms with Gasteiger partial charge in [0.15, 0.2) is 0 Å². The molecule has 0 amide bonds. The predicted octanol–water partition coefficient (Wildman–Crippen LogP) is 5.86. The van der Waals surface area contributed by atoms with Gasteiger partial charge in [0, 0.05) is 12.1 Å². The summed E-state index contributed by atoms with van der Waals surface area (Å²) in [5.74, 6) is 1.29. The van der Waals surface area contributed by atoms with Gasteiger partial charge in [-0.15, -0.1) is 11.6 Å². The maximum absolute atomic E-state index is 13.4. The van der Waals surface area contributed by atoms with E-state index in [4.69, 9.17) is 11.6 Å². The maximum Gasteiger partial charge on any atom is 0.127 e. The van der Waals surface area contributed by atoms with Gasteiger partial charge in [-0.25, -0.2) is 9.37 Å². The van der Waals surface area contributed by atoms with E-state index in [1.165, 1.54) is 25.0 Å². The van der Waals surface area contributed by atoms with E-state index in [9.17, 15) is 4.39 Å². The van der Waals surface area contributed by atoms with Gasteiger partial charge < -0.3 is 4.57 Å². The fraction of sp³-hybridized carbons (Fsp3) is 0.588. The lowest BCUT2D eigenvalue weighted by atomic mass is 10.0. The van der Waals surface area contributed by atoms with Crippen molar-refractivity contribution in [2.24, 2.45) is 5.92 Å². The predicted molar refractivity (Wildman–Crippen MR) is 87.4 cm³/mol. The first kappa shape index (κ1) is 16.3. The van der Waals surface area contributed by atoms with Crippen molar-refractivity contribution < 1.29 is 4.39 Å². The highest BCUT2D eigenvalue weighted by molar-refractivity contribution is 6.20. The van der Waals surface area contributed by atoms with Crippen molar-refractivity contribution >= 4 is 22.6 Å². The molecule has 1 aromatic carbocycles. The standard InChI is InChI=1S/C17H24ClFN2/c1-11(2)6-5-7-12(3)21-16-9-8-14(19)10-15(16)20-17(21)13(4)18/h8-13H,5-7H2,1-4H3. The van der Waals surface area contributed by atoms with Crippen LogP contribution in [0.1, 0.15) is 64.2 Å². The Balaban J connectivity index is 2.33. The first-order valence-corrected chi connectivity index (χ1v) is 8.15. The lowest BCUT2D eigenvalue weighted by molar-refractivity contribution is 0.444. The van der Waals surface area contributed by atoms with Crippen LogP contribution in [0.5, 0.6) is 0 Å². The van der Waals surface area contributed by atoms with Crippen LogP contribution in [0.2, 0.25) is 0 Å². The van der Waals surface area contributed by atoms with Gasteiger partial charge in [0.25, 0.3) is 0 Å². The Kier molecular flexibility index (Phi) is 5.26.